The van der Waals surface area contributed by atoms with Crippen molar-refractivity contribution in [3.8, 4) is 17.2 Å². The van der Waals surface area contributed by atoms with E-state index in [1.165, 1.54) is 7.11 Å². The number of rotatable bonds is 10. The van der Waals surface area contributed by atoms with Gasteiger partial charge in [0.2, 0.25) is 5.75 Å². The summed E-state index contributed by atoms with van der Waals surface area (Å²) in [7, 11) is 1.33. The molecule has 0 aliphatic carbocycles. The highest BCUT2D eigenvalue weighted by Crippen LogP contribution is 2.40. The summed E-state index contributed by atoms with van der Waals surface area (Å²) < 4.78 is 21.6. The minimum absolute atomic E-state index is 0.293. The molecule has 0 aliphatic rings. The van der Waals surface area contributed by atoms with Crippen molar-refractivity contribution in [2.24, 2.45) is 0 Å². The molecule has 0 saturated heterocycles. The first-order chi connectivity index (χ1) is 14.5. The van der Waals surface area contributed by atoms with Crippen LogP contribution in [0.1, 0.15) is 36.7 Å². The summed E-state index contributed by atoms with van der Waals surface area (Å²) in [5.41, 5.74) is 1.81. The lowest BCUT2D eigenvalue weighted by Gasteiger charge is -2.17. The monoisotopic (exact) mass is 416 g/mol. The van der Waals surface area contributed by atoms with Crippen LogP contribution < -0.4 is 24.8 Å². The van der Waals surface area contributed by atoms with Gasteiger partial charge in [-0.1, -0.05) is 12.1 Å². The van der Waals surface area contributed by atoms with Gasteiger partial charge in [-0.3, -0.25) is 0 Å². The summed E-state index contributed by atoms with van der Waals surface area (Å²) in [6.07, 6.45) is 0. The van der Waals surface area contributed by atoms with Crippen LogP contribution in [0.3, 0.4) is 0 Å². The number of esters is 1. The van der Waals surface area contributed by atoms with Crippen molar-refractivity contribution in [1.29, 1.82) is 0 Å². The van der Waals surface area contributed by atoms with E-state index in [4.69, 9.17) is 14.2 Å². The van der Waals surface area contributed by atoms with Crippen molar-refractivity contribution in [2.75, 3.05) is 32.2 Å². The van der Waals surface area contributed by atoms with E-state index in [1.54, 1.807) is 36.4 Å². The molecular formula is C22H28N2O6. The molecule has 0 unspecified atom stereocenters. The number of methoxy groups -OCH3 is 1. The molecule has 0 spiro atoms. The average molecular weight is 416 g/mol. The third-order valence-electron chi connectivity index (χ3n) is 4.00. The van der Waals surface area contributed by atoms with E-state index in [0.717, 1.165) is 5.56 Å². The maximum atomic E-state index is 12.3. The zero-order valence-electron chi connectivity index (χ0n) is 17.7. The van der Waals surface area contributed by atoms with Crippen LogP contribution in [0.5, 0.6) is 17.2 Å². The molecule has 2 aromatic carbocycles. The Hall–Kier alpha value is -3.42. The van der Waals surface area contributed by atoms with E-state index in [0.29, 0.717) is 54.9 Å². The Bertz CT molecular complexity index is 824. The number of anilines is 1. The zero-order valence-corrected chi connectivity index (χ0v) is 17.7. The number of carbonyl (C=O) groups is 2. The minimum Gasteiger partial charge on any atom is -0.490 e. The van der Waals surface area contributed by atoms with Crippen LogP contribution in [0, 0.1) is 0 Å². The van der Waals surface area contributed by atoms with Crippen LogP contribution in [-0.2, 0) is 11.3 Å². The molecule has 0 saturated carbocycles. The van der Waals surface area contributed by atoms with E-state index in [-0.39, 0.29) is 6.03 Å². The van der Waals surface area contributed by atoms with Crippen molar-refractivity contribution >= 4 is 17.7 Å². The molecule has 30 heavy (non-hydrogen) atoms. The third-order valence-corrected chi connectivity index (χ3v) is 4.00. The van der Waals surface area contributed by atoms with Crippen LogP contribution in [0.2, 0.25) is 0 Å². The maximum absolute atomic E-state index is 12.3. The maximum Gasteiger partial charge on any atom is 0.337 e. The Balaban J connectivity index is 2.07. The molecule has 2 amide bonds. The molecule has 2 N–H and O–H groups in total. The van der Waals surface area contributed by atoms with E-state index >= 15 is 0 Å². The SMILES string of the molecule is CCOc1cc(NC(=O)NCc2ccc(C(=O)OC)cc2)cc(OCC)c1OCC. The molecule has 0 radical (unpaired) electrons. The molecule has 0 bridgehead atoms. The highest BCUT2D eigenvalue weighted by atomic mass is 16.5. The van der Waals surface area contributed by atoms with Crippen LogP contribution >= 0.6 is 0 Å². The predicted molar refractivity (Wildman–Crippen MR) is 114 cm³/mol. The Kier molecular flexibility index (Phi) is 8.80. The number of hydrogen-bond donors (Lipinski definition) is 2. The van der Waals surface area contributed by atoms with Crippen LogP contribution in [0.4, 0.5) is 10.5 Å². The molecule has 8 nitrogen and oxygen atoms in total. The van der Waals surface area contributed by atoms with Gasteiger partial charge in [0.1, 0.15) is 0 Å². The summed E-state index contributed by atoms with van der Waals surface area (Å²) in [4.78, 5) is 23.8. The minimum atomic E-state index is -0.405. The van der Waals surface area contributed by atoms with Gasteiger partial charge in [-0.05, 0) is 38.5 Å². The van der Waals surface area contributed by atoms with Gasteiger partial charge in [0, 0.05) is 18.7 Å². The first-order valence-corrected chi connectivity index (χ1v) is 9.80. The summed E-state index contributed by atoms with van der Waals surface area (Å²) >= 11 is 0. The fourth-order valence-corrected chi connectivity index (χ4v) is 2.70. The fraction of sp³-hybridized carbons (Fsp3) is 0.364. The summed E-state index contributed by atoms with van der Waals surface area (Å²) in [5, 5.41) is 5.55. The molecule has 0 aromatic heterocycles. The van der Waals surface area contributed by atoms with Gasteiger partial charge in [0.25, 0.3) is 0 Å². The molecule has 0 fully saturated rings. The Morgan fingerprint density at radius 1 is 0.867 bits per heavy atom. The highest BCUT2D eigenvalue weighted by Gasteiger charge is 2.16. The van der Waals surface area contributed by atoms with Gasteiger partial charge in [0.15, 0.2) is 11.5 Å². The molecule has 2 aromatic rings. The summed E-state index contributed by atoms with van der Waals surface area (Å²) in [6, 6.07) is 9.81. The smallest absolute Gasteiger partial charge is 0.337 e. The molecule has 0 heterocycles. The second-order valence-electron chi connectivity index (χ2n) is 6.10. The Morgan fingerprint density at radius 2 is 1.43 bits per heavy atom. The molecule has 2 rings (SSSR count). The quantitative estimate of drug-likeness (QED) is 0.569. The topological polar surface area (TPSA) is 95.1 Å². The van der Waals surface area contributed by atoms with E-state index in [1.807, 2.05) is 20.8 Å². The molecule has 162 valence electrons. The van der Waals surface area contributed by atoms with E-state index in [2.05, 4.69) is 15.4 Å². The lowest BCUT2D eigenvalue weighted by molar-refractivity contribution is 0.0600. The van der Waals surface area contributed by atoms with Crippen molar-refractivity contribution in [2.45, 2.75) is 27.3 Å². The standard InChI is InChI=1S/C22H28N2O6/c1-5-28-18-12-17(13-19(29-6-2)20(18)30-7-3)24-22(26)23-14-15-8-10-16(11-9-15)21(25)27-4/h8-13H,5-7,14H2,1-4H3,(H2,23,24,26). The first kappa shape index (κ1) is 22.9. The number of benzene rings is 2. The van der Waals surface area contributed by atoms with Crippen molar-refractivity contribution < 1.29 is 28.5 Å². The number of nitrogens with one attached hydrogen (secondary N) is 2. The van der Waals surface area contributed by atoms with Crippen molar-refractivity contribution in [3.05, 3.63) is 47.5 Å². The van der Waals surface area contributed by atoms with Crippen LogP contribution in [-0.4, -0.2) is 38.9 Å². The average Bonchev–Trinajstić information content (AvgIpc) is 2.75. The van der Waals surface area contributed by atoms with Gasteiger partial charge in [0.05, 0.1) is 38.2 Å². The van der Waals surface area contributed by atoms with E-state index < -0.39 is 5.97 Å². The lowest BCUT2D eigenvalue weighted by atomic mass is 10.1. The summed E-state index contributed by atoms with van der Waals surface area (Å²) in [6.45, 7) is 7.26. The molecular weight excluding hydrogens is 388 g/mol. The van der Waals surface area contributed by atoms with Gasteiger partial charge >= 0.3 is 12.0 Å². The van der Waals surface area contributed by atoms with Crippen LogP contribution in [0.15, 0.2) is 36.4 Å². The predicted octanol–water partition coefficient (Wildman–Crippen LogP) is 3.99. The van der Waals surface area contributed by atoms with Crippen molar-refractivity contribution in [1.82, 2.24) is 5.32 Å². The number of amides is 2. The molecule has 8 heteroatoms. The van der Waals surface area contributed by atoms with E-state index in [9.17, 15) is 9.59 Å². The van der Waals surface area contributed by atoms with Gasteiger partial charge in [-0.25, -0.2) is 9.59 Å². The third kappa shape index (κ3) is 6.30. The second-order valence-corrected chi connectivity index (χ2v) is 6.10. The lowest BCUT2D eigenvalue weighted by Crippen LogP contribution is -2.28. The summed E-state index contributed by atoms with van der Waals surface area (Å²) in [5.74, 6) is 1.11. The van der Waals surface area contributed by atoms with Gasteiger partial charge in [-0.2, -0.15) is 0 Å². The number of ether oxygens (including phenoxy) is 4. The number of hydrogen-bond acceptors (Lipinski definition) is 6. The van der Waals surface area contributed by atoms with Gasteiger partial charge < -0.3 is 29.6 Å². The molecule has 0 atom stereocenters. The largest absolute Gasteiger partial charge is 0.490 e. The zero-order chi connectivity index (χ0) is 21.9. The van der Waals surface area contributed by atoms with Crippen molar-refractivity contribution in [3.63, 3.8) is 0 Å². The highest BCUT2D eigenvalue weighted by molar-refractivity contribution is 5.90. The van der Waals surface area contributed by atoms with Gasteiger partial charge in [-0.15, -0.1) is 0 Å². The molecule has 0 aliphatic heterocycles. The normalized spacial score (nSPS) is 10.1. The Morgan fingerprint density at radius 3 is 1.93 bits per heavy atom. The second kappa shape index (κ2) is 11.5. The first-order valence-electron chi connectivity index (χ1n) is 9.80. The van der Waals surface area contributed by atoms with Crippen LogP contribution in [0.25, 0.3) is 0 Å². The number of urea groups is 1. The Labute approximate surface area is 176 Å². The fourth-order valence-electron chi connectivity index (χ4n) is 2.70. The number of carbonyl (C=O) groups excluding carboxylic acids is 2.